The molecule has 0 unspecified atom stereocenters. The predicted octanol–water partition coefficient (Wildman–Crippen LogP) is 2.89. The highest BCUT2D eigenvalue weighted by Crippen LogP contribution is 2.32. The van der Waals surface area contributed by atoms with Crippen LogP contribution >= 0.6 is 11.8 Å². The molecule has 0 aromatic heterocycles. The summed E-state index contributed by atoms with van der Waals surface area (Å²) in [5.41, 5.74) is 1.13. The molecular weight excluding hydrogens is 246 g/mol. The van der Waals surface area contributed by atoms with Crippen LogP contribution in [0.4, 0.5) is 0 Å². The number of benzene rings is 1. The van der Waals surface area contributed by atoms with Crippen LogP contribution in [0.1, 0.15) is 25.8 Å². The Morgan fingerprint density at radius 3 is 2.78 bits per heavy atom. The normalized spacial score (nSPS) is 22.7. The number of nitrogens with zero attached hydrogens (tertiary/aromatic N) is 1. The maximum absolute atomic E-state index is 11.5. The Hall–Kier alpha value is -1.29. The van der Waals surface area contributed by atoms with E-state index in [1.807, 2.05) is 44.2 Å². The molecule has 3 nitrogen and oxygen atoms in total. The second-order valence-electron chi connectivity index (χ2n) is 4.21. The minimum Gasteiger partial charge on any atom is -0.466 e. The van der Waals surface area contributed by atoms with Crippen LogP contribution < -0.4 is 0 Å². The smallest absolute Gasteiger partial charge is 0.306 e. The maximum atomic E-state index is 11.5. The number of rotatable bonds is 4. The number of hydrogen-bond donors (Lipinski definition) is 0. The van der Waals surface area contributed by atoms with Gasteiger partial charge in [0.1, 0.15) is 0 Å². The molecular formula is C14H17NO2S. The second-order valence-corrected chi connectivity index (χ2v) is 5.43. The molecule has 1 aromatic rings. The molecule has 0 saturated heterocycles. The van der Waals surface area contributed by atoms with Crippen LogP contribution in [0.2, 0.25) is 0 Å². The Kier molecular flexibility index (Phi) is 4.42. The van der Waals surface area contributed by atoms with E-state index in [0.29, 0.717) is 13.0 Å². The summed E-state index contributed by atoms with van der Waals surface area (Å²) in [7, 11) is 0. The number of carbonyl (C=O) groups is 1. The molecule has 0 aliphatic carbocycles. The van der Waals surface area contributed by atoms with E-state index >= 15 is 0 Å². The van der Waals surface area contributed by atoms with Crippen LogP contribution in [0.15, 0.2) is 35.3 Å². The quantitative estimate of drug-likeness (QED) is 0.784. The van der Waals surface area contributed by atoms with Gasteiger partial charge in [-0.3, -0.25) is 9.79 Å². The molecule has 0 fully saturated rings. The van der Waals surface area contributed by atoms with Crippen molar-refractivity contribution in [1.29, 1.82) is 0 Å². The molecule has 1 aromatic carbocycles. The highest BCUT2D eigenvalue weighted by Gasteiger charge is 2.29. The Morgan fingerprint density at radius 2 is 2.11 bits per heavy atom. The number of carbonyl (C=O) groups excluding carboxylic acids is 1. The van der Waals surface area contributed by atoms with Crippen molar-refractivity contribution in [2.24, 2.45) is 4.99 Å². The van der Waals surface area contributed by atoms with Crippen LogP contribution in [0.5, 0.6) is 0 Å². The first-order valence-electron chi connectivity index (χ1n) is 6.16. The first-order chi connectivity index (χ1) is 8.70. The van der Waals surface area contributed by atoms with Gasteiger partial charge in [0.2, 0.25) is 0 Å². The molecule has 0 radical (unpaired) electrons. The van der Waals surface area contributed by atoms with Gasteiger partial charge in [0.05, 0.1) is 24.1 Å². The average molecular weight is 263 g/mol. The maximum Gasteiger partial charge on any atom is 0.306 e. The fraction of sp³-hybridized carbons (Fsp3) is 0.429. The lowest BCUT2D eigenvalue weighted by Gasteiger charge is -2.11. The Bertz CT molecular complexity index is 444. The molecule has 0 saturated carbocycles. The van der Waals surface area contributed by atoms with Crippen LogP contribution in [0, 0.1) is 0 Å². The first kappa shape index (κ1) is 13.1. The summed E-state index contributed by atoms with van der Waals surface area (Å²) in [5.74, 6) is -0.133. The molecule has 0 spiro atoms. The molecule has 2 rings (SSSR count). The molecule has 0 amide bonds. The molecule has 96 valence electrons. The van der Waals surface area contributed by atoms with Gasteiger partial charge >= 0.3 is 5.97 Å². The summed E-state index contributed by atoms with van der Waals surface area (Å²) < 4.78 is 4.99. The van der Waals surface area contributed by atoms with Gasteiger partial charge in [-0.25, -0.2) is 0 Å². The highest BCUT2D eigenvalue weighted by molar-refractivity contribution is 8.15. The summed E-state index contributed by atoms with van der Waals surface area (Å²) in [6, 6.07) is 10.2. The van der Waals surface area contributed by atoms with E-state index in [9.17, 15) is 4.79 Å². The lowest BCUT2D eigenvalue weighted by molar-refractivity contribution is -0.143. The third-order valence-electron chi connectivity index (χ3n) is 2.82. The fourth-order valence-electron chi connectivity index (χ4n) is 1.86. The number of esters is 1. The van der Waals surface area contributed by atoms with Crippen LogP contribution in [0.25, 0.3) is 0 Å². The standard InChI is InChI=1S/C14H17NO2S/c1-3-17-13(16)9-12-10(2)15-14(18-12)11-7-5-4-6-8-11/h4-8,10,12H,3,9H2,1-2H3/t10-,12-/m0/s1. The van der Waals surface area contributed by atoms with E-state index in [1.54, 1.807) is 11.8 Å². The molecule has 4 heteroatoms. The van der Waals surface area contributed by atoms with Gasteiger partial charge < -0.3 is 4.74 Å². The van der Waals surface area contributed by atoms with E-state index in [1.165, 1.54) is 0 Å². The van der Waals surface area contributed by atoms with Gasteiger partial charge in [0, 0.05) is 10.8 Å². The van der Waals surface area contributed by atoms with Crippen molar-refractivity contribution >= 4 is 22.8 Å². The zero-order valence-corrected chi connectivity index (χ0v) is 11.4. The van der Waals surface area contributed by atoms with Gasteiger partial charge in [-0.2, -0.15) is 0 Å². The third-order valence-corrected chi connectivity index (χ3v) is 4.24. The summed E-state index contributed by atoms with van der Waals surface area (Å²) >= 11 is 1.68. The van der Waals surface area contributed by atoms with Crippen molar-refractivity contribution in [3.05, 3.63) is 35.9 Å². The first-order valence-corrected chi connectivity index (χ1v) is 7.04. The molecule has 0 N–H and O–H groups in total. The molecule has 0 bridgehead atoms. The predicted molar refractivity (Wildman–Crippen MR) is 75.1 cm³/mol. The number of aliphatic imine (C=N–C) groups is 1. The zero-order chi connectivity index (χ0) is 13.0. The van der Waals surface area contributed by atoms with Crippen LogP contribution in [0.3, 0.4) is 0 Å². The summed E-state index contributed by atoms with van der Waals surface area (Å²) in [6.07, 6.45) is 0.430. The summed E-state index contributed by atoms with van der Waals surface area (Å²) in [5, 5.41) is 1.22. The van der Waals surface area contributed by atoms with Gasteiger partial charge in [-0.1, -0.05) is 30.3 Å². The van der Waals surface area contributed by atoms with Crippen molar-refractivity contribution in [3.63, 3.8) is 0 Å². The molecule has 2 atom stereocenters. The lowest BCUT2D eigenvalue weighted by atomic mass is 10.2. The van der Waals surface area contributed by atoms with Crippen molar-refractivity contribution < 1.29 is 9.53 Å². The van der Waals surface area contributed by atoms with Gasteiger partial charge in [0.15, 0.2) is 0 Å². The van der Waals surface area contributed by atoms with Crippen molar-refractivity contribution in [3.8, 4) is 0 Å². The molecule has 1 aliphatic heterocycles. The van der Waals surface area contributed by atoms with Crippen molar-refractivity contribution in [2.45, 2.75) is 31.6 Å². The lowest BCUT2D eigenvalue weighted by Crippen LogP contribution is -2.19. The fourth-order valence-corrected chi connectivity index (χ4v) is 3.12. The number of ether oxygens (including phenoxy) is 1. The van der Waals surface area contributed by atoms with Crippen molar-refractivity contribution in [1.82, 2.24) is 0 Å². The van der Waals surface area contributed by atoms with Crippen LogP contribution in [-0.2, 0) is 9.53 Å². The molecule has 1 heterocycles. The van der Waals surface area contributed by atoms with E-state index in [-0.39, 0.29) is 17.3 Å². The van der Waals surface area contributed by atoms with E-state index in [0.717, 1.165) is 10.6 Å². The number of hydrogen-bond acceptors (Lipinski definition) is 4. The van der Waals surface area contributed by atoms with Crippen molar-refractivity contribution in [2.75, 3.05) is 6.61 Å². The van der Waals surface area contributed by atoms with E-state index < -0.39 is 0 Å². The minimum atomic E-state index is -0.133. The monoisotopic (exact) mass is 263 g/mol. The Labute approximate surface area is 112 Å². The third kappa shape index (κ3) is 3.13. The minimum absolute atomic E-state index is 0.133. The SMILES string of the molecule is CCOC(=O)C[C@@H]1SC(c2ccccc2)=N[C@H]1C. The topological polar surface area (TPSA) is 38.7 Å². The van der Waals surface area contributed by atoms with E-state index in [2.05, 4.69) is 4.99 Å². The Balaban J connectivity index is 1.99. The Morgan fingerprint density at radius 1 is 1.39 bits per heavy atom. The summed E-state index contributed by atoms with van der Waals surface area (Å²) in [6.45, 7) is 4.32. The van der Waals surface area contributed by atoms with Gasteiger partial charge in [-0.05, 0) is 13.8 Å². The average Bonchev–Trinajstić information content (AvgIpc) is 2.72. The highest BCUT2D eigenvalue weighted by atomic mass is 32.2. The van der Waals surface area contributed by atoms with Gasteiger partial charge in [0.25, 0.3) is 0 Å². The molecule has 18 heavy (non-hydrogen) atoms. The summed E-state index contributed by atoms with van der Waals surface area (Å²) in [4.78, 5) is 16.1. The zero-order valence-electron chi connectivity index (χ0n) is 10.6. The largest absolute Gasteiger partial charge is 0.466 e. The van der Waals surface area contributed by atoms with Crippen LogP contribution in [-0.4, -0.2) is 28.9 Å². The van der Waals surface area contributed by atoms with E-state index in [4.69, 9.17) is 4.74 Å². The second kappa shape index (κ2) is 6.05. The van der Waals surface area contributed by atoms with Gasteiger partial charge in [-0.15, -0.1) is 11.8 Å². The molecule has 1 aliphatic rings. The number of thioether (sulfide) groups is 1.